The molecule has 0 radical (unpaired) electrons. The molecule has 2 aromatic rings. The van der Waals surface area contributed by atoms with E-state index in [-0.39, 0.29) is 18.6 Å². The topological polar surface area (TPSA) is 92.9 Å². The van der Waals surface area contributed by atoms with Gasteiger partial charge in [0.15, 0.2) is 0 Å². The van der Waals surface area contributed by atoms with Gasteiger partial charge in [0.05, 0.1) is 22.9 Å². The van der Waals surface area contributed by atoms with Crippen LogP contribution in [0.1, 0.15) is 37.6 Å². The van der Waals surface area contributed by atoms with Gasteiger partial charge in [-0.15, -0.1) is 0 Å². The van der Waals surface area contributed by atoms with Gasteiger partial charge >= 0.3 is 5.97 Å². The summed E-state index contributed by atoms with van der Waals surface area (Å²) >= 11 is 0. The van der Waals surface area contributed by atoms with Crippen LogP contribution in [-0.4, -0.2) is 44.8 Å². The fraction of sp³-hybridized carbons (Fsp3) is 0.438. The predicted molar refractivity (Wildman–Crippen MR) is 84.4 cm³/mol. The van der Waals surface area contributed by atoms with Gasteiger partial charge < -0.3 is 15.2 Å². The summed E-state index contributed by atoms with van der Waals surface area (Å²) in [4.78, 5) is 23.7. The van der Waals surface area contributed by atoms with E-state index in [1.165, 1.54) is 6.20 Å². The molecule has 0 fully saturated rings. The van der Waals surface area contributed by atoms with Crippen LogP contribution in [-0.2, 0) is 9.53 Å². The van der Waals surface area contributed by atoms with Crippen LogP contribution < -0.4 is 5.32 Å². The molecule has 1 unspecified atom stereocenters. The molecule has 0 aliphatic carbocycles. The minimum absolute atomic E-state index is 0.192. The molecule has 2 aromatic heterocycles. The second-order valence-corrected chi connectivity index (χ2v) is 6.20. The van der Waals surface area contributed by atoms with Crippen LogP contribution in [0.4, 0.5) is 0 Å². The maximum Gasteiger partial charge on any atom is 0.326 e. The van der Waals surface area contributed by atoms with Crippen molar-refractivity contribution in [2.24, 2.45) is 0 Å². The van der Waals surface area contributed by atoms with Crippen LogP contribution in [0.2, 0.25) is 0 Å². The van der Waals surface area contributed by atoms with Gasteiger partial charge in [-0.25, -0.2) is 9.31 Å². The zero-order valence-electron chi connectivity index (χ0n) is 13.4. The highest BCUT2D eigenvalue weighted by molar-refractivity contribution is 6.02. The SMILES string of the molecule is CC(C)(C)OCCC(NC(=O)c1cnn2ccccc12)C(=O)O. The molecule has 0 saturated heterocycles. The highest BCUT2D eigenvalue weighted by atomic mass is 16.5. The Morgan fingerprint density at radius 2 is 2.13 bits per heavy atom. The zero-order valence-corrected chi connectivity index (χ0v) is 13.4. The zero-order chi connectivity index (χ0) is 17.0. The number of carbonyl (C=O) groups excluding carboxylic acids is 1. The van der Waals surface area contributed by atoms with Crippen LogP contribution in [0, 0.1) is 0 Å². The first kappa shape index (κ1) is 17.0. The third-order valence-electron chi connectivity index (χ3n) is 3.22. The summed E-state index contributed by atoms with van der Waals surface area (Å²) in [5.41, 5.74) is 0.615. The molecule has 2 rings (SSSR count). The number of rotatable bonds is 6. The minimum atomic E-state index is -1.09. The van der Waals surface area contributed by atoms with Crippen LogP contribution in [0.15, 0.2) is 30.6 Å². The summed E-state index contributed by atoms with van der Waals surface area (Å²) in [5.74, 6) is -1.55. The molecule has 124 valence electrons. The molecule has 2 N–H and O–H groups in total. The average Bonchev–Trinajstić information content (AvgIpc) is 2.88. The molecule has 0 saturated carbocycles. The normalized spacial score (nSPS) is 13.0. The second kappa shape index (κ2) is 6.78. The van der Waals surface area contributed by atoms with Gasteiger partial charge in [-0.2, -0.15) is 5.10 Å². The van der Waals surface area contributed by atoms with E-state index in [1.807, 2.05) is 20.8 Å². The number of aliphatic carboxylic acids is 1. The van der Waals surface area contributed by atoms with Crippen molar-refractivity contribution in [1.29, 1.82) is 0 Å². The van der Waals surface area contributed by atoms with Crippen molar-refractivity contribution >= 4 is 17.4 Å². The number of carboxylic acids is 1. The van der Waals surface area contributed by atoms with Gasteiger partial charge in [0.25, 0.3) is 5.91 Å². The van der Waals surface area contributed by atoms with E-state index in [0.717, 1.165) is 0 Å². The Bertz CT molecular complexity index is 703. The van der Waals surface area contributed by atoms with E-state index in [1.54, 1.807) is 28.9 Å². The minimum Gasteiger partial charge on any atom is -0.480 e. The summed E-state index contributed by atoms with van der Waals surface area (Å²) in [6.07, 6.45) is 3.34. The van der Waals surface area contributed by atoms with Gasteiger partial charge in [-0.3, -0.25) is 4.79 Å². The number of aromatic nitrogens is 2. The van der Waals surface area contributed by atoms with Gasteiger partial charge in [-0.05, 0) is 32.9 Å². The number of hydrogen-bond donors (Lipinski definition) is 2. The number of pyridine rings is 1. The maximum atomic E-state index is 12.3. The molecule has 0 aliphatic heterocycles. The number of ether oxygens (including phenoxy) is 1. The van der Waals surface area contributed by atoms with Gasteiger partial charge in [-0.1, -0.05) is 6.07 Å². The van der Waals surface area contributed by atoms with Gasteiger partial charge in [0.1, 0.15) is 6.04 Å². The number of carbonyl (C=O) groups is 2. The van der Waals surface area contributed by atoms with Crippen molar-refractivity contribution in [1.82, 2.24) is 14.9 Å². The van der Waals surface area contributed by atoms with Gasteiger partial charge in [0, 0.05) is 19.2 Å². The summed E-state index contributed by atoms with van der Waals surface area (Å²) in [6, 6.07) is 4.33. The molecule has 0 aromatic carbocycles. The van der Waals surface area contributed by atoms with Crippen molar-refractivity contribution < 1.29 is 19.4 Å². The highest BCUT2D eigenvalue weighted by Crippen LogP contribution is 2.11. The van der Waals surface area contributed by atoms with Crippen molar-refractivity contribution in [3.05, 3.63) is 36.2 Å². The summed E-state index contributed by atoms with van der Waals surface area (Å²) in [7, 11) is 0. The number of hydrogen-bond acceptors (Lipinski definition) is 4. The van der Waals surface area contributed by atoms with Crippen molar-refractivity contribution in [3.63, 3.8) is 0 Å². The third-order valence-corrected chi connectivity index (χ3v) is 3.22. The predicted octanol–water partition coefficient (Wildman–Crippen LogP) is 1.72. The Labute approximate surface area is 134 Å². The van der Waals surface area contributed by atoms with Crippen LogP contribution in [0.3, 0.4) is 0 Å². The third kappa shape index (κ3) is 4.53. The van der Waals surface area contributed by atoms with Crippen molar-refractivity contribution in [2.45, 2.75) is 38.8 Å². The Hall–Kier alpha value is -2.41. The first-order valence-electron chi connectivity index (χ1n) is 7.38. The largest absolute Gasteiger partial charge is 0.480 e. The van der Waals surface area contributed by atoms with Crippen LogP contribution in [0.25, 0.3) is 5.52 Å². The lowest BCUT2D eigenvalue weighted by Gasteiger charge is -2.21. The monoisotopic (exact) mass is 319 g/mol. The Morgan fingerprint density at radius 1 is 1.39 bits per heavy atom. The van der Waals surface area contributed by atoms with E-state index in [2.05, 4.69) is 10.4 Å². The van der Waals surface area contributed by atoms with Crippen LogP contribution in [0.5, 0.6) is 0 Å². The Kier molecular flexibility index (Phi) is 5.00. The average molecular weight is 319 g/mol. The number of carboxylic acid groups (broad SMARTS) is 1. The molecule has 23 heavy (non-hydrogen) atoms. The number of nitrogens with zero attached hydrogens (tertiary/aromatic N) is 2. The molecule has 2 heterocycles. The standard InChI is InChI=1S/C16H21N3O4/c1-16(2,3)23-9-7-12(15(21)22)18-14(20)11-10-17-19-8-5-4-6-13(11)19/h4-6,8,10,12H,7,9H2,1-3H3,(H,18,20)(H,21,22). The lowest BCUT2D eigenvalue weighted by molar-refractivity contribution is -0.140. The quantitative estimate of drug-likeness (QED) is 0.845. The first-order valence-corrected chi connectivity index (χ1v) is 7.38. The molecule has 0 spiro atoms. The van der Waals surface area contributed by atoms with Gasteiger partial charge in [0.2, 0.25) is 0 Å². The molecule has 0 aliphatic rings. The summed E-state index contributed by atoms with van der Waals surface area (Å²) < 4.78 is 7.08. The molecule has 0 bridgehead atoms. The van der Waals surface area contributed by atoms with Crippen molar-refractivity contribution in [3.8, 4) is 0 Å². The number of nitrogens with one attached hydrogen (secondary N) is 1. The Balaban J connectivity index is 2.04. The lowest BCUT2D eigenvalue weighted by atomic mass is 10.1. The van der Waals surface area contributed by atoms with Crippen LogP contribution >= 0.6 is 0 Å². The number of amides is 1. The van der Waals surface area contributed by atoms with E-state index in [0.29, 0.717) is 11.1 Å². The first-order chi connectivity index (χ1) is 10.8. The molecular weight excluding hydrogens is 298 g/mol. The fourth-order valence-electron chi connectivity index (χ4n) is 2.09. The molecule has 1 atom stereocenters. The molecule has 7 nitrogen and oxygen atoms in total. The highest BCUT2D eigenvalue weighted by Gasteiger charge is 2.23. The summed E-state index contributed by atoms with van der Waals surface area (Å²) in [5, 5.41) is 15.9. The van der Waals surface area contributed by atoms with E-state index in [9.17, 15) is 14.7 Å². The smallest absolute Gasteiger partial charge is 0.326 e. The van der Waals surface area contributed by atoms with Crippen molar-refractivity contribution in [2.75, 3.05) is 6.61 Å². The van der Waals surface area contributed by atoms with E-state index in [4.69, 9.17) is 4.74 Å². The van der Waals surface area contributed by atoms with E-state index < -0.39 is 17.9 Å². The molecular formula is C16H21N3O4. The maximum absolute atomic E-state index is 12.3. The lowest BCUT2D eigenvalue weighted by Crippen LogP contribution is -2.42. The summed E-state index contributed by atoms with van der Waals surface area (Å²) in [6.45, 7) is 5.91. The molecule has 7 heteroatoms. The molecule has 1 amide bonds. The van der Waals surface area contributed by atoms with E-state index >= 15 is 0 Å². The number of fused-ring (bicyclic) bond motifs is 1. The fourth-order valence-corrected chi connectivity index (χ4v) is 2.09. The Morgan fingerprint density at radius 3 is 2.78 bits per heavy atom. The second-order valence-electron chi connectivity index (χ2n) is 6.20.